The van der Waals surface area contributed by atoms with Gasteiger partial charge in [0.15, 0.2) is 8.32 Å². The van der Waals surface area contributed by atoms with Gasteiger partial charge >= 0.3 is 5.97 Å². The maximum absolute atomic E-state index is 12.6. The Morgan fingerprint density at radius 3 is 2.58 bits per heavy atom. The van der Waals surface area contributed by atoms with Gasteiger partial charge in [0.2, 0.25) is 0 Å². The van der Waals surface area contributed by atoms with E-state index in [0.717, 1.165) is 25.7 Å². The van der Waals surface area contributed by atoms with E-state index >= 15 is 0 Å². The highest BCUT2D eigenvalue weighted by atomic mass is 28.4. The molecule has 24 heavy (non-hydrogen) atoms. The molecule has 2 fully saturated rings. The number of Topliss-reactive ketones (excluding diaryl/α,β-unsaturated/α-hetero) is 1. The fraction of sp³-hybridized carbons (Fsp3) is 0.895. The number of ketones is 1. The highest BCUT2D eigenvalue weighted by Crippen LogP contribution is 2.54. The Bertz CT molecular complexity index is 494. The summed E-state index contributed by atoms with van der Waals surface area (Å²) in [4.78, 5) is 24.8. The van der Waals surface area contributed by atoms with Gasteiger partial charge in [0.25, 0.3) is 0 Å². The minimum absolute atomic E-state index is 0.0652. The monoisotopic (exact) mass is 354 g/mol. The van der Waals surface area contributed by atoms with Crippen molar-refractivity contribution in [2.75, 3.05) is 6.61 Å². The molecule has 0 bridgehead atoms. The molecule has 2 aliphatic carbocycles. The standard InChI is InChI=1S/C19H34O4Si/c1-18(2,23-24(4,5)6)12-13-22-17(21)15-10-9-14-16(20)8-7-11-19(14,15)3/h14-15H,7-13H2,1-6H3/t14-,15+,19+/m0/s1. The summed E-state index contributed by atoms with van der Waals surface area (Å²) in [5.41, 5.74) is -0.454. The topological polar surface area (TPSA) is 52.6 Å². The van der Waals surface area contributed by atoms with Crippen LogP contribution in [0.4, 0.5) is 0 Å². The molecule has 0 saturated heterocycles. The van der Waals surface area contributed by atoms with Crippen molar-refractivity contribution in [3.63, 3.8) is 0 Å². The summed E-state index contributed by atoms with van der Waals surface area (Å²) in [5, 5.41) is 0. The second kappa shape index (κ2) is 6.91. The number of hydrogen-bond acceptors (Lipinski definition) is 4. The number of esters is 1. The number of hydrogen-bond donors (Lipinski definition) is 0. The molecule has 2 rings (SSSR count). The second-order valence-electron chi connectivity index (χ2n) is 9.40. The highest BCUT2D eigenvalue weighted by Gasteiger charge is 2.54. The van der Waals surface area contributed by atoms with E-state index in [1.807, 2.05) is 0 Å². The summed E-state index contributed by atoms with van der Waals surface area (Å²) in [6.07, 6.45) is 4.90. The molecule has 4 nitrogen and oxygen atoms in total. The molecule has 0 unspecified atom stereocenters. The first kappa shape index (κ1) is 19.6. The van der Waals surface area contributed by atoms with Crippen LogP contribution in [-0.2, 0) is 18.8 Å². The average Bonchev–Trinajstić information content (AvgIpc) is 2.74. The molecule has 0 aromatic carbocycles. The van der Waals surface area contributed by atoms with E-state index in [0.29, 0.717) is 25.2 Å². The molecule has 0 aliphatic heterocycles. The van der Waals surface area contributed by atoms with Crippen molar-refractivity contribution in [2.24, 2.45) is 17.3 Å². The SMILES string of the molecule is CC(C)(CCOC(=O)[C@H]1CC[C@H]2C(=O)CCC[C@@]12C)O[Si](C)(C)C. The van der Waals surface area contributed by atoms with Crippen LogP contribution in [0.2, 0.25) is 19.6 Å². The van der Waals surface area contributed by atoms with Crippen molar-refractivity contribution in [3.8, 4) is 0 Å². The Labute approximate surface area is 147 Å². The van der Waals surface area contributed by atoms with Crippen LogP contribution in [0, 0.1) is 17.3 Å². The lowest BCUT2D eigenvalue weighted by Crippen LogP contribution is -2.41. The van der Waals surface area contributed by atoms with Crippen LogP contribution in [-0.4, -0.2) is 32.3 Å². The quantitative estimate of drug-likeness (QED) is 0.526. The van der Waals surface area contributed by atoms with Crippen LogP contribution in [0.15, 0.2) is 0 Å². The molecule has 5 heteroatoms. The van der Waals surface area contributed by atoms with Crippen molar-refractivity contribution in [2.45, 2.75) is 84.5 Å². The summed E-state index contributed by atoms with van der Waals surface area (Å²) in [6, 6.07) is 0. The van der Waals surface area contributed by atoms with E-state index in [2.05, 4.69) is 40.4 Å². The fourth-order valence-electron chi connectivity index (χ4n) is 4.70. The maximum atomic E-state index is 12.6. The fourth-order valence-corrected chi connectivity index (χ4v) is 6.46. The van der Waals surface area contributed by atoms with E-state index in [9.17, 15) is 9.59 Å². The van der Waals surface area contributed by atoms with Crippen molar-refractivity contribution in [1.82, 2.24) is 0 Å². The van der Waals surface area contributed by atoms with E-state index in [1.165, 1.54) is 0 Å². The molecule has 138 valence electrons. The smallest absolute Gasteiger partial charge is 0.309 e. The predicted octanol–water partition coefficient (Wildman–Crippen LogP) is 4.34. The molecule has 3 atom stereocenters. The maximum Gasteiger partial charge on any atom is 0.309 e. The van der Waals surface area contributed by atoms with Crippen LogP contribution in [0.5, 0.6) is 0 Å². The Morgan fingerprint density at radius 1 is 1.29 bits per heavy atom. The summed E-state index contributed by atoms with van der Waals surface area (Å²) >= 11 is 0. The first-order valence-corrected chi connectivity index (χ1v) is 12.7. The molecular formula is C19H34O4Si. The molecule has 2 saturated carbocycles. The average molecular weight is 355 g/mol. The van der Waals surface area contributed by atoms with E-state index < -0.39 is 8.32 Å². The lowest BCUT2D eigenvalue weighted by Gasteiger charge is -2.38. The molecule has 0 aromatic rings. The van der Waals surface area contributed by atoms with Gasteiger partial charge in [0.1, 0.15) is 5.78 Å². The van der Waals surface area contributed by atoms with Crippen LogP contribution in [0.25, 0.3) is 0 Å². The van der Waals surface area contributed by atoms with Crippen LogP contribution in [0.3, 0.4) is 0 Å². The first-order valence-electron chi connectivity index (χ1n) is 9.34. The van der Waals surface area contributed by atoms with Gasteiger partial charge in [-0.15, -0.1) is 0 Å². The summed E-state index contributed by atoms with van der Waals surface area (Å²) in [6.45, 7) is 13.1. The van der Waals surface area contributed by atoms with Gasteiger partial charge in [-0.1, -0.05) is 6.92 Å². The molecule has 0 spiro atoms. The highest BCUT2D eigenvalue weighted by molar-refractivity contribution is 6.69. The van der Waals surface area contributed by atoms with Gasteiger partial charge in [-0.25, -0.2) is 0 Å². The number of ether oxygens (including phenoxy) is 1. The number of carbonyl (C=O) groups is 2. The summed E-state index contributed by atoms with van der Waals surface area (Å²) < 4.78 is 11.8. The largest absolute Gasteiger partial charge is 0.465 e. The zero-order valence-corrected chi connectivity index (χ0v) is 17.2. The zero-order valence-electron chi connectivity index (χ0n) is 16.2. The molecule has 0 N–H and O–H groups in total. The third-order valence-corrected chi connectivity index (χ3v) is 6.84. The van der Waals surface area contributed by atoms with Crippen molar-refractivity contribution in [1.29, 1.82) is 0 Å². The molecule has 0 heterocycles. The van der Waals surface area contributed by atoms with Crippen LogP contribution >= 0.6 is 0 Å². The van der Waals surface area contributed by atoms with Crippen molar-refractivity contribution < 1.29 is 18.8 Å². The number of rotatable bonds is 6. The van der Waals surface area contributed by atoms with Gasteiger partial charge in [-0.3, -0.25) is 9.59 Å². The summed E-state index contributed by atoms with van der Waals surface area (Å²) in [5.74, 6) is 0.186. The van der Waals surface area contributed by atoms with E-state index in [4.69, 9.17) is 9.16 Å². The Balaban J connectivity index is 1.88. The molecule has 0 radical (unpaired) electrons. The molecule has 0 amide bonds. The first-order chi connectivity index (χ1) is 10.9. The van der Waals surface area contributed by atoms with Crippen molar-refractivity contribution >= 4 is 20.1 Å². The molecular weight excluding hydrogens is 320 g/mol. The Hall–Kier alpha value is -0.683. The number of fused-ring (bicyclic) bond motifs is 1. The second-order valence-corrected chi connectivity index (χ2v) is 13.8. The lowest BCUT2D eigenvalue weighted by molar-refractivity contribution is -0.155. The third kappa shape index (κ3) is 4.48. The number of carbonyl (C=O) groups excluding carboxylic acids is 2. The summed E-state index contributed by atoms with van der Waals surface area (Å²) in [7, 11) is -1.62. The van der Waals surface area contributed by atoms with Gasteiger partial charge in [-0.05, 0) is 64.6 Å². The zero-order chi connectivity index (χ0) is 18.2. The lowest BCUT2D eigenvalue weighted by atomic mass is 9.65. The van der Waals surface area contributed by atoms with Crippen LogP contribution in [0.1, 0.15) is 59.3 Å². The third-order valence-electron chi connectivity index (χ3n) is 5.68. The van der Waals surface area contributed by atoms with Crippen molar-refractivity contribution in [3.05, 3.63) is 0 Å². The minimum atomic E-state index is -1.62. The Kier molecular flexibility index (Phi) is 5.65. The minimum Gasteiger partial charge on any atom is -0.465 e. The predicted molar refractivity (Wildman–Crippen MR) is 97.3 cm³/mol. The van der Waals surface area contributed by atoms with E-state index in [1.54, 1.807) is 0 Å². The normalized spacial score (nSPS) is 31.0. The van der Waals surface area contributed by atoms with Gasteiger partial charge in [0.05, 0.1) is 18.1 Å². The molecule has 2 aliphatic rings. The van der Waals surface area contributed by atoms with E-state index in [-0.39, 0.29) is 28.8 Å². The van der Waals surface area contributed by atoms with Gasteiger partial charge in [0, 0.05) is 18.8 Å². The molecule has 0 aromatic heterocycles. The van der Waals surface area contributed by atoms with Gasteiger partial charge in [-0.2, -0.15) is 0 Å². The van der Waals surface area contributed by atoms with Crippen LogP contribution < -0.4 is 0 Å². The van der Waals surface area contributed by atoms with Gasteiger partial charge < -0.3 is 9.16 Å². The Morgan fingerprint density at radius 2 is 1.96 bits per heavy atom.